The highest BCUT2D eigenvalue weighted by molar-refractivity contribution is 6.63. The molecule has 0 aliphatic carbocycles. The minimum atomic E-state index is -0.522. The van der Waals surface area contributed by atoms with Crippen molar-refractivity contribution >= 4 is 22.8 Å². The molecule has 1 rings (SSSR count). The second kappa shape index (κ2) is 6.28. The maximum atomic E-state index is 11.4. The van der Waals surface area contributed by atoms with E-state index in [2.05, 4.69) is 4.74 Å². The van der Waals surface area contributed by atoms with Gasteiger partial charge in [-0.05, 0) is 23.6 Å². The molecule has 0 amide bonds. The first-order valence-electron chi connectivity index (χ1n) is 4.93. The Labute approximate surface area is 99.4 Å². The number of hydrogen-bond acceptors (Lipinski definition) is 3. The minimum absolute atomic E-state index is 0.00310. The maximum absolute atomic E-state index is 11.4. The van der Waals surface area contributed by atoms with Crippen molar-refractivity contribution in [2.75, 3.05) is 7.11 Å². The van der Waals surface area contributed by atoms with Gasteiger partial charge in [-0.25, -0.2) is 0 Å². The average molecular weight is 241 g/mol. The SMILES string of the molecule is COC(=O)[C@H](CC(=O)Cl)Cc1ccccc1. The van der Waals surface area contributed by atoms with Gasteiger partial charge in [-0.1, -0.05) is 30.3 Å². The summed E-state index contributed by atoms with van der Waals surface area (Å²) in [6, 6.07) is 9.45. The van der Waals surface area contributed by atoms with Crippen molar-refractivity contribution in [2.45, 2.75) is 12.8 Å². The van der Waals surface area contributed by atoms with Gasteiger partial charge in [0.05, 0.1) is 13.0 Å². The largest absolute Gasteiger partial charge is 0.469 e. The first-order valence-corrected chi connectivity index (χ1v) is 5.31. The molecule has 0 aliphatic heterocycles. The van der Waals surface area contributed by atoms with Gasteiger partial charge in [0, 0.05) is 6.42 Å². The molecule has 0 aliphatic rings. The lowest BCUT2D eigenvalue weighted by atomic mass is 9.97. The van der Waals surface area contributed by atoms with Crippen LogP contribution in [0.4, 0.5) is 0 Å². The van der Waals surface area contributed by atoms with E-state index in [1.807, 2.05) is 30.3 Å². The lowest BCUT2D eigenvalue weighted by molar-refractivity contribution is -0.146. The Bertz CT molecular complexity index is 362. The quantitative estimate of drug-likeness (QED) is 0.585. The smallest absolute Gasteiger partial charge is 0.309 e. The van der Waals surface area contributed by atoms with Gasteiger partial charge < -0.3 is 4.74 Å². The third-order valence-electron chi connectivity index (χ3n) is 2.27. The van der Waals surface area contributed by atoms with E-state index in [1.54, 1.807) is 0 Å². The number of carbonyl (C=O) groups is 2. The molecule has 86 valence electrons. The number of halogens is 1. The van der Waals surface area contributed by atoms with E-state index in [4.69, 9.17) is 11.6 Å². The summed E-state index contributed by atoms with van der Waals surface area (Å²) in [5, 5.41) is -0.522. The summed E-state index contributed by atoms with van der Waals surface area (Å²) in [4.78, 5) is 22.2. The molecule has 1 atom stereocenters. The maximum Gasteiger partial charge on any atom is 0.309 e. The Hall–Kier alpha value is -1.35. The highest BCUT2D eigenvalue weighted by atomic mass is 35.5. The van der Waals surface area contributed by atoms with Crippen LogP contribution in [-0.2, 0) is 20.7 Å². The van der Waals surface area contributed by atoms with Crippen LogP contribution in [-0.4, -0.2) is 18.3 Å². The lowest BCUT2D eigenvalue weighted by Gasteiger charge is -2.12. The van der Waals surface area contributed by atoms with Gasteiger partial charge in [0.25, 0.3) is 0 Å². The second-order valence-corrected chi connectivity index (χ2v) is 3.89. The average Bonchev–Trinajstić information content (AvgIpc) is 2.28. The number of benzene rings is 1. The topological polar surface area (TPSA) is 43.4 Å². The zero-order valence-corrected chi connectivity index (χ0v) is 9.74. The number of methoxy groups -OCH3 is 1. The van der Waals surface area contributed by atoms with Gasteiger partial charge in [0.1, 0.15) is 0 Å². The Morgan fingerprint density at radius 2 is 1.94 bits per heavy atom. The van der Waals surface area contributed by atoms with E-state index in [-0.39, 0.29) is 6.42 Å². The van der Waals surface area contributed by atoms with E-state index in [1.165, 1.54) is 7.11 Å². The highest BCUT2D eigenvalue weighted by Gasteiger charge is 2.22. The molecule has 0 saturated carbocycles. The van der Waals surface area contributed by atoms with Gasteiger partial charge in [0.15, 0.2) is 0 Å². The third kappa shape index (κ3) is 4.03. The summed E-state index contributed by atoms with van der Waals surface area (Å²) in [7, 11) is 1.30. The van der Waals surface area contributed by atoms with Crippen molar-refractivity contribution in [3.63, 3.8) is 0 Å². The molecule has 0 N–H and O–H groups in total. The van der Waals surface area contributed by atoms with Gasteiger partial charge in [-0.15, -0.1) is 0 Å². The Kier molecular flexibility index (Phi) is 4.99. The fourth-order valence-electron chi connectivity index (χ4n) is 1.50. The van der Waals surface area contributed by atoms with Gasteiger partial charge >= 0.3 is 5.97 Å². The number of rotatable bonds is 5. The zero-order valence-electron chi connectivity index (χ0n) is 8.98. The van der Waals surface area contributed by atoms with Crippen LogP contribution < -0.4 is 0 Å². The molecule has 0 saturated heterocycles. The highest BCUT2D eigenvalue weighted by Crippen LogP contribution is 2.15. The van der Waals surface area contributed by atoms with Gasteiger partial charge in [0.2, 0.25) is 5.24 Å². The molecule has 16 heavy (non-hydrogen) atoms. The van der Waals surface area contributed by atoms with E-state index < -0.39 is 17.1 Å². The van der Waals surface area contributed by atoms with Crippen LogP contribution in [0.15, 0.2) is 30.3 Å². The fourth-order valence-corrected chi connectivity index (χ4v) is 1.68. The van der Waals surface area contributed by atoms with Crippen LogP contribution in [0.2, 0.25) is 0 Å². The van der Waals surface area contributed by atoms with Crippen LogP contribution in [0.3, 0.4) is 0 Å². The molecule has 1 aromatic rings. The Morgan fingerprint density at radius 1 is 1.31 bits per heavy atom. The summed E-state index contributed by atoms with van der Waals surface area (Å²) < 4.78 is 4.64. The van der Waals surface area contributed by atoms with E-state index in [0.29, 0.717) is 6.42 Å². The van der Waals surface area contributed by atoms with Crippen LogP contribution in [0.25, 0.3) is 0 Å². The van der Waals surface area contributed by atoms with Crippen molar-refractivity contribution in [1.29, 1.82) is 0 Å². The second-order valence-electron chi connectivity index (χ2n) is 3.47. The Balaban J connectivity index is 2.70. The van der Waals surface area contributed by atoms with E-state index in [9.17, 15) is 9.59 Å². The standard InChI is InChI=1S/C12H13ClO3/c1-16-12(15)10(8-11(13)14)7-9-5-3-2-4-6-9/h2-6,10H,7-8H2,1H3/t10-/m0/s1. The van der Waals surface area contributed by atoms with Crippen LogP contribution >= 0.6 is 11.6 Å². The molecule has 4 heteroatoms. The number of carbonyl (C=O) groups excluding carboxylic acids is 2. The Morgan fingerprint density at radius 3 is 2.44 bits per heavy atom. The van der Waals surface area contributed by atoms with Gasteiger partial charge in [-0.2, -0.15) is 0 Å². The normalized spacial score (nSPS) is 11.9. The van der Waals surface area contributed by atoms with Crippen LogP contribution in [0.5, 0.6) is 0 Å². The van der Waals surface area contributed by atoms with Crippen LogP contribution in [0, 0.1) is 5.92 Å². The summed E-state index contributed by atoms with van der Waals surface area (Å²) in [6.07, 6.45) is 0.467. The molecule has 0 aromatic heterocycles. The van der Waals surface area contributed by atoms with Crippen molar-refractivity contribution in [3.05, 3.63) is 35.9 Å². The zero-order chi connectivity index (χ0) is 12.0. The van der Waals surface area contributed by atoms with Crippen LogP contribution in [0.1, 0.15) is 12.0 Å². The van der Waals surface area contributed by atoms with Crippen molar-refractivity contribution in [1.82, 2.24) is 0 Å². The summed E-state index contributed by atoms with van der Waals surface area (Å²) in [6.45, 7) is 0. The van der Waals surface area contributed by atoms with E-state index >= 15 is 0 Å². The van der Waals surface area contributed by atoms with E-state index in [0.717, 1.165) is 5.56 Å². The monoisotopic (exact) mass is 240 g/mol. The number of hydrogen-bond donors (Lipinski definition) is 0. The molecule has 0 bridgehead atoms. The molecule has 0 spiro atoms. The molecule has 0 fully saturated rings. The molecule has 0 heterocycles. The molecule has 3 nitrogen and oxygen atoms in total. The lowest BCUT2D eigenvalue weighted by Crippen LogP contribution is -2.20. The predicted octanol–water partition coefficient (Wildman–Crippen LogP) is 2.17. The van der Waals surface area contributed by atoms with Crippen molar-refractivity contribution < 1.29 is 14.3 Å². The molecular weight excluding hydrogens is 228 g/mol. The fraction of sp³-hybridized carbons (Fsp3) is 0.333. The third-order valence-corrected chi connectivity index (χ3v) is 2.42. The minimum Gasteiger partial charge on any atom is -0.469 e. The molecule has 0 unspecified atom stereocenters. The van der Waals surface area contributed by atoms with Gasteiger partial charge in [-0.3, -0.25) is 9.59 Å². The summed E-state index contributed by atoms with van der Waals surface area (Å²) in [5.74, 6) is -0.907. The molecule has 1 aromatic carbocycles. The van der Waals surface area contributed by atoms with Crippen molar-refractivity contribution in [2.24, 2.45) is 5.92 Å². The summed E-state index contributed by atoms with van der Waals surface area (Å²) >= 11 is 5.29. The molecular formula is C12H13ClO3. The number of esters is 1. The first kappa shape index (κ1) is 12.7. The summed E-state index contributed by atoms with van der Waals surface area (Å²) in [5.41, 5.74) is 0.982. The molecule has 0 radical (unpaired) electrons. The number of ether oxygens (including phenoxy) is 1. The first-order chi connectivity index (χ1) is 7.63. The predicted molar refractivity (Wildman–Crippen MR) is 61.1 cm³/mol. The van der Waals surface area contributed by atoms with Crippen molar-refractivity contribution in [3.8, 4) is 0 Å².